The lowest BCUT2D eigenvalue weighted by atomic mass is 9.87. The van der Waals surface area contributed by atoms with Gasteiger partial charge in [-0.15, -0.1) is 0 Å². The van der Waals surface area contributed by atoms with Crippen molar-refractivity contribution in [1.29, 1.82) is 0 Å². The first-order chi connectivity index (χ1) is 15.3. The minimum absolute atomic E-state index is 0.00797. The SMILES string of the molecule is CC(C)(C)c1ccc2cc(C(=O)NC3CCN(CC(=O)Nc4ccccc4)CC3)[nH]c2c1. The number of anilines is 1. The third-order valence-corrected chi connectivity index (χ3v) is 6.08. The number of hydrogen-bond donors (Lipinski definition) is 3. The number of carbonyl (C=O) groups is 2. The van der Waals surface area contributed by atoms with Gasteiger partial charge in [0.05, 0.1) is 6.54 Å². The number of para-hydroxylation sites is 1. The van der Waals surface area contributed by atoms with Gasteiger partial charge in [-0.3, -0.25) is 14.5 Å². The summed E-state index contributed by atoms with van der Waals surface area (Å²) >= 11 is 0. The Morgan fingerprint density at radius 1 is 1.03 bits per heavy atom. The maximum atomic E-state index is 12.8. The van der Waals surface area contributed by atoms with E-state index < -0.39 is 0 Å². The second kappa shape index (κ2) is 9.17. The van der Waals surface area contributed by atoms with Gasteiger partial charge < -0.3 is 15.6 Å². The van der Waals surface area contributed by atoms with E-state index in [4.69, 9.17) is 0 Å². The smallest absolute Gasteiger partial charge is 0.267 e. The molecule has 0 saturated carbocycles. The van der Waals surface area contributed by atoms with Crippen LogP contribution in [0.15, 0.2) is 54.6 Å². The van der Waals surface area contributed by atoms with Crippen LogP contribution in [0.4, 0.5) is 5.69 Å². The third kappa shape index (κ3) is 5.37. The number of aromatic nitrogens is 1. The number of rotatable bonds is 5. The van der Waals surface area contributed by atoms with Gasteiger partial charge in [0.1, 0.15) is 5.69 Å². The van der Waals surface area contributed by atoms with Crippen LogP contribution in [-0.4, -0.2) is 47.4 Å². The Labute approximate surface area is 189 Å². The molecule has 1 aliphatic heterocycles. The molecule has 0 atom stereocenters. The second-order valence-corrected chi connectivity index (χ2v) is 9.67. The summed E-state index contributed by atoms with van der Waals surface area (Å²) in [7, 11) is 0. The van der Waals surface area contributed by atoms with Gasteiger partial charge in [0.2, 0.25) is 5.91 Å². The molecule has 3 aromatic rings. The number of fused-ring (bicyclic) bond motifs is 1. The zero-order valence-corrected chi connectivity index (χ0v) is 19.1. The third-order valence-electron chi connectivity index (χ3n) is 6.08. The lowest BCUT2D eigenvalue weighted by Gasteiger charge is -2.31. The number of hydrogen-bond acceptors (Lipinski definition) is 3. The summed E-state index contributed by atoms with van der Waals surface area (Å²) in [6, 6.07) is 17.9. The van der Waals surface area contributed by atoms with Crippen LogP contribution < -0.4 is 10.6 Å². The van der Waals surface area contributed by atoms with Crippen molar-refractivity contribution in [3.05, 3.63) is 65.9 Å². The Balaban J connectivity index is 1.28. The fourth-order valence-electron chi connectivity index (χ4n) is 4.14. The average molecular weight is 433 g/mol. The molecule has 6 nitrogen and oxygen atoms in total. The fraction of sp³-hybridized carbons (Fsp3) is 0.385. The van der Waals surface area contributed by atoms with Crippen LogP contribution in [-0.2, 0) is 10.2 Å². The molecule has 1 aliphatic rings. The van der Waals surface area contributed by atoms with Crippen LogP contribution in [0.25, 0.3) is 10.9 Å². The second-order valence-electron chi connectivity index (χ2n) is 9.67. The van der Waals surface area contributed by atoms with E-state index in [-0.39, 0.29) is 23.3 Å². The first-order valence-corrected chi connectivity index (χ1v) is 11.3. The lowest BCUT2D eigenvalue weighted by Crippen LogP contribution is -2.46. The molecule has 2 heterocycles. The monoisotopic (exact) mass is 432 g/mol. The van der Waals surface area contributed by atoms with E-state index in [1.807, 2.05) is 36.4 Å². The van der Waals surface area contributed by atoms with Crippen LogP contribution in [0, 0.1) is 0 Å². The maximum absolute atomic E-state index is 12.8. The van der Waals surface area contributed by atoms with Gasteiger partial charge in [-0.2, -0.15) is 0 Å². The molecule has 1 saturated heterocycles. The van der Waals surface area contributed by atoms with Crippen molar-refractivity contribution in [3.63, 3.8) is 0 Å². The van der Waals surface area contributed by atoms with Crippen LogP contribution in [0.5, 0.6) is 0 Å². The van der Waals surface area contributed by atoms with Crippen LogP contribution >= 0.6 is 0 Å². The molecule has 0 bridgehead atoms. The van der Waals surface area contributed by atoms with E-state index in [9.17, 15) is 9.59 Å². The van der Waals surface area contributed by atoms with E-state index >= 15 is 0 Å². The highest BCUT2D eigenvalue weighted by Gasteiger charge is 2.23. The first-order valence-electron chi connectivity index (χ1n) is 11.3. The van der Waals surface area contributed by atoms with Crippen molar-refractivity contribution in [2.45, 2.75) is 45.1 Å². The number of nitrogens with zero attached hydrogens (tertiary/aromatic N) is 1. The number of benzene rings is 2. The summed E-state index contributed by atoms with van der Waals surface area (Å²) in [6.07, 6.45) is 1.66. The van der Waals surface area contributed by atoms with E-state index in [1.54, 1.807) is 0 Å². The quantitative estimate of drug-likeness (QED) is 0.563. The number of nitrogens with one attached hydrogen (secondary N) is 3. The molecule has 3 N–H and O–H groups in total. The van der Waals surface area contributed by atoms with Crippen LogP contribution in [0.3, 0.4) is 0 Å². The highest BCUT2D eigenvalue weighted by molar-refractivity contribution is 5.98. The Kier molecular flexibility index (Phi) is 6.33. The molecular weight excluding hydrogens is 400 g/mol. The van der Waals surface area contributed by atoms with Gasteiger partial charge in [0, 0.05) is 35.7 Å². The number of piperidine rings is 1. The number of likely N-dealkylation sites (tertiary alicyclic amines) is 1. The van der Waals surface area contributed by atoms with Gasteiger partial charge >= 0.3 is 0 Å². The van der Waals surface area contributed by atoms with E-state index in [2.05, 4.69) is 59.5 Å². The number of aromatic amines is 1. The van der Waals surface area contributed by atoms with Gasteiger partial charge in [-0.05, 0) is 48.1 Å². The van der Waals surface area contributed by atoms with E-state index in [1.165, 1.54) is 5.56 Å². The molecule has 1 fully saturated rings. The molecule has 0 aliphatic carbocycles. The predicted molar refractivity (Wildman–Crippen MR) is 129 cm³/mol. The van der Waals surface area contributed by atoms with E-state index in [0.29, 0.717) is 12.2 Å². The Morgan fingerprint density at radius 2 is 1.75 bits per heavy atom. The molecule has 0 unspecified atom stereocenters. The molecule has 2 aromatic carbocycles. The van der Waals surface area contributed by atoms with Gasteiger partial charge in [0.25, 0.3) is 5.91 Å². The lowest BCUT2D eigenvalue weighted by molar-refractivity contribution is -0.117. The highest BCUT2D eigenvalue weighted by atomic mass is 16.2. The Hall–Kier alpha value is -3.12. The maximum Gasteiger partial charge on any atom is 0.267 e. The molecule has 0 spiro atoms. The first kappa shape index (κ1) is 22.1. The minimum atomic E-state index is -0.0706. The minimum Gasteiger partial charge on any atom is -0.351 e. The number of H-pyrrole nitrogens is 1. The van der Waals surface area contributed by atoms with Crippen molar-refractivity contribution in [2.75, 3.05) is 25.0 Å². The molecular formula is C26H32N4O2. The van der Waals surface area contributed by atoms with Crippen molar-refractivity contribution in [2.24, 2.45) is 0 Å². The average Bonchev–Trinajstić information content (AvgIpc) is 3.19. The van der Waals surface area contributed by atoms with Crippen molar-refractivity contribution >= 4 is 28.4 Å². The fourth-order valence-corrected chi connectivity index (χ4v) is 4.14. The predicted octanol–water partition coefficient (Wildman–Crippen LogP) is 4.30. The molecule has 2 amide bonds. The van der Waals surface area contributed by atoms with E-state index in [0.717, 1.165) is 42.5 Å². The molecule has 168 valence electrons. The molecule has 6 heteroatoms. The van der Waals surface area contributed by atoms with Crippen molar-refractivity contribution < 1.29 is 9.59 Å². The normalized spacial score (nSPS) is 15.6. The summed E-state index contributed by atoms with van der Waals surface area (Å²) in [4.78, 5) is 30.5. The summed E-state index contributed by atoms with van der Waals surface area (Å²) in [6.45, 7) is 8.49. The summed E-state index contributed by atoms with van der Waals surface area (Å²) < 4.78 is 0. The topological polar surface area (TPSA) is 77.2 Å². The van der Waals surface area contributed by atoms with Gasteiger partial charge in [0.15, 0.2) is 0 Å². The van der Waals surface area contributed by atoms with Crippen molar-refractivity contribution in [1.82, 2.24) is 15.2 Å². The standard InChI is InChI=1S/C26H32N4O2/c1-26(2,3)19-10-9-18-15-23(29-22(18)16-19)25(32)28-21-11-13-30(14-12-21)17-24(31)27-20-7-5-4-6-8-20/h4-10,15-16,21,29H,11-14,17H2,1-3H3,(H,27,31)(H,28,32). The summed E-state index contributed by atoms with van der Waals surface area (Å²) in [5.41, 5.74) is 3.70. The molecule has 4 rings (SSSR count). The number of amides is 2. The van der Waals surface area contributed by atoms with Crippen molar-refractivity contribution in [3.8, 4) is 0 Å². The summed E-state index contributed by atoms with van der Waals surface area (Å²) in [5.74, 6) is -0.0785. The molecule has 32 heavy (non-hydrogen) atoms. The highest BCUT2D eigenvalue weighted by Crippen LogP contribution is 2.26. The zero-order chi connectivity index (χ0) is 22.7. The Morgan fingerprint density at radius 3 is 2.44 bits per heavy atom. The molecule has 1 aromatic heterocycles. The van der Waals surface area contributed by atoms with Gasteiger partial charge in [-0.25, -0.2) is 0 Å². The van der Waals surface area contributed by atoms with Crippen LogP contribution in [0.2, 0.25) is 0 Å². The zero-order valence-electron chi connectivity index (χ0n) is 19.1. The number of carbonyl (C=O) groups excluding carboxylic acids is 2. The summed E-state index contributed by atoms with van der Waals surface area (Å²) in [5, 5.41) is 7.13. The molecule has 0 radical (unpaired) electrons. The van der Waals surface area contributed by atoms with Crippen LogP contribution in [0.1, 0.15) is 49.7 Å². The van der Waals surface area contributed by atoms with Gasteiger partial charge in [-0.1, -0.05) is 51.1 Å². The Bertz CT molecular complexity index is 1090. The largest absolute Gasteiger partial charge is 0.351 e.